The summed E-state index contributed by atoms with van der Waals surface area (Å²) in [5, 5.41) is 8.90. The molecule has 1 aromatic carbocycles. The smallest absolute Gasteiger partial charge is 0.178 e. The molecule has 54 valence electrons. The van der Waals surface area contributed by atoms with Crippen molar-refractivity contribution < 1.29 is 9.50 Å². The van der Waals surface area contributed by atoms with E-state index in [0.717, 1.165) is 3.57 Å². The number of rotatable bonds is 0. The highest BCUT2D eigenvalue weighted by molar-refractivity contribution is 14.1. The lowest BCUT2D eigenvalue weighted by molar-refractivity contribution is 0.429. The van der Waals surface area contributed by atoms with Crippen molar-refractivity contribution in [3.8, 4) is 5.75 Å². The van der Waals surface area contributed by atoms with Crippen LogP contribution in [0.2, 0.25) is 0 Å². The Labute approximate surface area is 84.9 Å². The molecule has 0 saturated heterocycles. The standard InChI is InChI=1S/C6H3FI2O/c7-6-4(9)1-3(8)2-5(6)10/h1-2,10H. The van der Waals surface area contributed by atoms with Crippen LogP contribution in [0.1, 0.15) is 0 Å². The van der Waals surface area contributed by atoms with Crippen molar-refractivity contribution >= 4 is 45.2 Å². The fourth-order valence-corrected chi connectivity index (χ4v) is 2.36. The van der Waals surface area contributed by atoms with Crippen molar-refractivity contribution in [1.82, 2.24) is 0 Å². The van der Waals surface area contributed by atoms with Gasteiger partial charge in [-0.15, -0.1) is 0 Å². The van der Waals surface area contributed by atoms with E-state index in [9.17, 15) is 4.39 Å². The third-order valence-electron chi connectivity index (χ3n) is 0.974. The minimum absolute atomic E-state index is 0.281. The summed E-state index contributed by atoms with van der Waals surface area (Å²) < 4.78 is 13.9. The predicted molar refractivity (Wildman–Crippen MR) is 53.5 cm³/mol. The number of aromatic hydroxyl groups is 1. The Hall–Kier alpha value is 0.410. The van der Waals surface area contributed by atoms with Crippen LogP contribution in [0.15, 0.2) is 12.1 Å². The maximum Gasteiger partial charge on any atom is 0.178 e. The van der Waals surface area contributed by atoms with Gasteiger partial charge in [0, 0.05) is 3.57 Å². The molecule has 1 aromatic rings. The summed E-state index contributed by atoms with van der Waals surface area (Å²) in [6, 6.07) is 3.05. The highest BCUT2D eigenvalue weighted by Gasteiger charge is 2.05. The highest BCUT2D eigenvalue weighted by Crippen LogP contribution is 2.23. The largest absolute Gasteiger partial charge is 0.505 e. The van der Waals surface area contributed by atoms with E-state index in [-0.39, 0.29) is 5.75 Å². The molecule has 0 atom stereocenters. The van der Waals surface area contributed by atoms with E-state index in [0.29, 0.717) is 3.57 Å². The summed E-state index contributed by atoms with van der Waals surface area (Å²) in [5.74, 6) is -0.822. The number of benzene rings is 1. The van der Waals surface area contributed by atoms with Crippen LogP contribution in [0, 0.1) is 13.0 Å². The molecule has 0 radical (unpaired) electrons. The first-order valence-corrected chi connectivity index (χ1v) is 4.60. The van der Waals surface area contributed by atoms with Gasteiger partial charge < -0.3 is 5.11 Å². The fourth-order valence-electron chi connectivity index (χ4n) is 0.542. The Balaban J connectivity index is 3.31. The first-order valence-electron chi connectivity index (χ1n) is 2.45. The van der Waals surface area contributed by atoms with E-state index in [2.05, 4.69) is 0 Å². The van der Waals surface area contributed by atoms with Crippen molar-refractivity contribution in [2.45, 2.75) is 0 Å². The second-order valence-corrected chi connectivity index (χ2v) is 4.13. The molecule has 0 fully saturated rings. The van der Waals surface area contributed by atoms with Gasteiger partial charge in [-0.1, -0.05) is 0 Å². The third-order valence-corrected chi connectivity index (χ3v) is 2.38. The first kappa shape index (κ1) is 8.51. The number of hydrogen-bond donors (Lipinski definition) is 1. The van der Waals surface area contributed by atoms with Crippen molar-refractivity contribution in [1.29, 1.82) is 0 Å². The minimum atomic E-state index is -0.541. The molecule has 4 heteroatoms. The molecule has 0 spiro atoms. The lowest BCUT2D eigenvalue weighted by atomic mass is 10.3. The molecule has 0 bridgehead atoms. The topological polar surface area (TPSA) is 20.2 Å². The van der Waals surface area contributed by atoms with Crippen molar-refractivity contribution in [3.05, 3.63) is 25.1 Å². The third kappa shape index (κ3) is 1.71. The lowest BCUT2D eigenvalue weighted by Gasteiger charge is -1.97. The minimum Gasteiger partial charge on any atom is -0.505 e. The van der Waals surface area contributed by atoms with Gasteiger partial charge in [0.25, 0.3) is 0 Å². The van der Waals surface area contributed by atoms with E-state index >= 15 is 0 Å². The van der Waals surface area contributed by atoms with Crippen LogP contribution >= 0.6 is 45.2 Å². The average Bonchev–Trinajstić information content (AvgIpc) is 1.82. The Morgan fingerprint density at radius 3 is 2.40 bits per heavy atom. The van der Waals surface area contributed by atoms with Gasteiger partial charge in [-0.05, 0) is 57.3 Å². The molecule has 0 amide bonds. The maximum absolute atomic E-state index is 12.6. The summed E-state index contributed by atoms with van der Waals surface area (Å²) in [7, 11) is 0. The molecular formula is C6H3FI2O. The fraction of sp³-hybridized carbons (Fsp3) is 0. The van der Waals surface area contributed by atoms with Crippen LogP contribution in [0.25, 0.3) is 0 Å². The van der Waals surface area contributed by atoms with Crippen LogP contribution in [-0.4, -0.2) is 5.11 Å². The van der Waals surface area contributed by atoms with Crippen LogP contribution in [0.5, 0.6) is 5.75 Å². The molecule has 0 aliphatic rings. The van der Waals surface area contributed by atoms with Crippen molar-refractivity contribution in [2.75, 3.05) is 0 Å². The van der Waals surface area contributed by atoms with E-state index < -0.39 is 5.82 Å². The van der Waals surface area contributed by atoms with E-state index in [4.69, 9.17) is 5.11 Å². The molecule has 1 nitrogen and oxygen atoms in total. The molecule has 0 saturated carbocycles. The zero-order chi connectivity index (χ0) is 7.72. The van der Waals surface area contributed by atoms with Gasteiger partial charge in [0.05, 0.1) is 3.57 Å². The van der Waals surface area contributed by atoms with Gasteiger partial charge in [0.1, 0.15) is 0 Å². The normalized spacial score (nSPS) is 9.90. The summed E-state index contributed by atoms with van der Waals surface area (Å²) in [4.78, 5) is 0. The number of phenolic OH excluding ortho intramolecular Hbond substituents is 1. The van der Waals surface area contributed by atoms with E-state index in [1.807, 2.05) is 45.2 Å². The van der Waals surface area contributed by atoms with Gasteiger partial charge in [-0.2, -0.15) is 0 Å². The second-order valence-electron chi connectivity index (χ2n) is 1.72. The molecule has 0 heterocycles. The molecule has 10 heavy (non-hydrogen) atoms. The van der Waals surface area contributed by atoms with Crippen LogP contribution < -0.4 is 0 Å². The highest BCUT2D eigenvalue weighted by atomic mass is 127. The monoisotopic (exact) mass is 364 g/mol. The summed E-state index contributed by atoms with van der Waals surface area (Å²) in [6.45, 7) is 0. The number of halogens is 3. The molecule has 0 aliphatic heterocycles. The Bertz CT molecular complexity index is 239. The molecule has 0 unspecified atom stereocenters. The van der Waals surface area contributed by atoms with Crippen LogP contribution in [0.4, 0.5) is 4.39 Å². The van der Waals surface area contributed by atoms with Gasteiger partial charge >= 0.3 is 0 Å². The quantitative estimate of drug-likeness (QED) is 0.555. The predicted octanol–water partition coefficient (Wildman–Crippen LogP) is 2.74. The Kier molecular flexibility index (Phi) is 2.73. The second kappa shape index (κ2) is 3.21. The van der Waals surface area contributed by atoms with Crippen molar-refractivity contribution in [3.63, 3.8) is 0 Å². The van der Waals surface area contributed by atoms with Gasteiger partial charge in [0.15, 0.2) is 11.6 Å². The lowest BCUT2D eigenvalue weighted by Crippen LogP contribution is -1.83. The zero-order valence-electron chi connectivity index (χ0n) is 4.74. The maximum atomic E-state index is 12.6. The molecule has 0 aliphatic carbocycles. The summed E-state index contributed by atoms with van der Waals surface area (Å²) in [6.07, 6.45) is 0. The first-order chi connectivity index (χ1) is 4.61. The van der Waals surface area contributed by atoms with E-state index in [1.165, 1.54) is 6.07 Å². The van der Waals surface area contributed by atoms with Crippen molar-refractivity contribution in [2.24, 2.45) is 0 Å². The van der Waals surface area contributed by atoms with Crippen LogP contribution in [-0.2, 0) is 0 Å². The number of hydrogen-bond acceptors (Lipinski definition) is 1. The summed E-state index contributed by atoms with van der Waals surface area (Å²) >= 11 is 3.85. The number of phenols is 1. The van der Waals surface area contributed by atoms with Gasteiger partial charge in [-0.3, -0.25) is 0 Å². The molecule has 0 aromatic heterocycles. The Morgan fingerprint density at radius 1 is 1.30 bits per heavy atom. The van der Waals surface area contributed by atoms with E-state index in [1.54, 1.807) is 6.07 Å². The van der Waals surface area contributed by atoms with Gasteiger partial charge in [-0.25, -0.2) is 4.39 Å². The van der Waals surface area contributed by atoms with Gasteiger partial charge in [0.2, 0.25) is 0 Å². The van der Waals surface area contributed by atoms with Crippen LogP contribution in [0.3, 0.4) is 0 Å². The molecular weight excluding hydrogens is 361 g/mol. The zero-order valence-corrected chi connectivity index (χ0v) is 9.05. The average molecular weight is 364 g/mol. The molecule has 1 N–H and O–H groups in total. The SMILES string of the molecule is Oc1cc(I)cc(I)c1F. The summed E-state index contributed by atoms with van der Waals surface area (Å²) in [5.41, 5.74) is 0. The molecule has 1 rings (SSSR count). The Morgan fingerprint density at radius 2 is 1.90 bits per heavy atom.